The van der Waals surface area contributed by atoms with E-state index >= 15 is 0 Å². The Bertz CT molecular complexity index is 733. The second kappa shape index (κ2) is 6.77. The zero-order valence-corrected chi connectivity index (χ0v) is 16.2. The van der Waals surface area contributed by atoms with E-state index in [1.807, 2.05) is 6.92 Å². The molecule has 0 aromatic heterocycles. The van der Waals surface area contributed by atoms with Crippen molar-refractivity contribution in [2.75, 3.05) is 5.88 Å². The molecule has 0 spiro atoms. The van der Waals surface area contributed by atoms with Crippen molar-refractivity contribution >= 4 is 56.9 Å². The summed E-state index contributed by atoms with van der Waals surface area (Å²) in [7, 11) is 0. The SMILES string of the molecule is C[C@H]1S[C@@H]2[C@@H](Br)C(=O)N2[C@@]1(CCl)C(=O)OCc1ccc([N+](=O)[O-])cc1. The van der Waals surface area contributed by atoms with E-state index in [0.29, 0.717) is 5.56 Å². The third-order valence-electron chi connectivity index (χ3n) is 4.50. The van der Waals surface area contributed by atoms with Gasteiger partial charge >= 0.3 is 5.97 Å². The highest BCUT2D eigenvalue weighted by atomic mass is 79.9. The second-order valence-corrected chi connectivity index (χ2v) is 8.55. The summed E-state index contributed by atoms with van der Waals surface area (Å²) in [6.45, 7) is 1.81. The van der Waals surface area contributed by atoms with Gasteiger partial charge in [0.25, 0.3) is 5.69 Å². The third kappa shape index (κ3) is 2.82. The van der Waals surface area contributed by atoms with E-state index in [-0.39, 0.29) is 39.5 Å². The fourth-order valence-corrected chi connectivity index (χ4v) is 5.98. The van der Waals surface area contributed by atoms with Gasteiger partial charge in [-0.05, 0) is 17.7 Å². The number of ether oxygens (including phenoxy) is 1. The lowest BCUT2D eigenvalue weighted by Gasteiger charge is -2.46. The van der Waals surface area contributed by atoms with Crippen LogP contribution in [0.2, 0.25) is 0 Å². The Kier molecular flexibility index (Phi) is 5.00. The lowest BCUT2D eigenvalue weighted by molar-refractivity contribution is -0.384. The van der Waals surface area contributed by atoms with Gasteiger partial charge in [-0.3, -0.25) is 14.9 Å². The van der Waals surface area contributed by atoms with Crippen LogP contribution in [-0.4, -0.2) is 48.6 Å². The van der Waals surface area contributed by atoms with Crippen LogP contribution in [0.5, 0.6) is 0 Å². The summed E-state index contributed by atoms with van der Waals surface area (Å²) in [5, 5.41) is 10.3. The van der Waals surface area contributed by atoms with Crippen LogP contribution in [0.3, 0.4) is 0 Å². The number of hydrogen-bond donors (Lipinski definition) is 0. The van der Waals surface area contributed by atoms with Crippen LogP contribution in [-0.2, 0) is 20.9 Å². The molecule has 25 heavy (non-hydrogen) atoms. The number of halogens is 2. The molecule has 1 amide bonds. The van der Waals surface area contributed by atoms with Gasteiger partial charge in [0.05, 0.1) is 10.8 Å². The zero-order chi connectivity index (χ0) is 18.4. The highest BCUT2D eigenvalue weighted by molar-refractivity contribution is 9.10. The minimum atomic E-state index is -1.20. The van der Waals surface area contributed by atoms with Crippen LogP contribution >= 0.6 is 39.3 Å². The Morgan fingerprint density at radius 1 is 1.48 bits per heavy atom. The number of alkyl halides is 2. The highest BCUT2D eigenvalue weighted by Crippen LogP contribution is 2.53. The van der Waals surface area contributed by atoms with Crippen LogP contribution in [0.25, 0.3) is 0 Å². The second-order valence-electron chi connectivity index (χ2n) is 5.84. The standard InChI is InChI=1S/C15H14BrClN2O5S/c1-8-15(7-17,18-12(20)11(16)13(18)25-8)14(21)24-6-9-2-4-10(5-3-9)19(22)23/h2-5,8,11,13H,6-7H2,1H3/t8-,11+,13-,15-/m1/s1. The first kappa shape index (κ1) is 18.5. The van der Waals surface area contributed by atoms with Gasteiger partial charge in [0.15, 0.2) is 5.54 Å². The maximum absolute atomic E-state index is 12.8. The van der Waals surface area contributed by atoms with E-state index in [0.717, 1.165) is 0 Å². The molecule has 2 heterocycles. The first-order valence-electron chi connectivity index (χ1n) is 7.42. The molecule has 0 N–H and O–H groups in total. The van der Waals surface area contributed by atoms with Crippen molar-refractivity contribution in [1.82, 2.24) is 4.90 Å². The summed E-state index contributed by atoms with van der Waals surface area (Å²) in [4.78, 5) is 36.3. The Balaban J connectivity index is 1.73. The van der Waals surface area contributed by atoms with Crippen LogP contribution < -0.4 is 0 Å². The fourth-order valence-electron chi connectivity index (χ4n) is 2.98. The van der Waals surface area contributed by atoms with Crippen molar-refractivity contribution < 1.29 is 19.2 Å². The third-order valence-corrected chi connectivity index (χ3v) is 7.71. The van der Waals surface area contributed by atoms with E-state index in [1.165, 1.54) is 40.9 Å². The number of hydrogen-bond acceptors (Lipinski definition) is 6. The number of esters is 1. The number of nitrogens with zero attached hydrogens (tertiary/aromatic N) is 2. The van der Waals surface area contributed by atoms with Gasteiger partial charge in [-0.1, -0.05) is 22.9 Å². The average molecular weight is 450 g/mol. The minimum absolute atomic E-state index is 0.0366. The zero-order valence-electron chi connectivity index (χ0n) is 13.1. The molecule has 10 heteroatoms. The Hall–Kier alpha value is -1.32. The Morgan fingerprint density at radius 3 is 2.68 bits per heavy atom. The van der Waals surface area contributed by atoms with Crippen molar-refractivity contribution in [3.63, 3.8) is 0 Å². The molecule has 2 aliphatic heterocycles. The van der Waals surface area contributed by atoms with Crippen LogP contribution in [0.1, 0.15) is 12.5 Å². The normalized spacial score (nSPS) is 30.6. The molecule has 2 saturated heterocycles. The molecule has 4 atom stereocenters. The quantitative estimate of drug-likeness (QED) is 0.226. The largest absolute Gasteiger partial charge is 0.459 e. The molecule has 0 bridgehead atoms. The molecule has 2 fully saturated rings. The molecule has 1 aromatic carbocycles. The summed E-state index contributed by atoms with van der Waals surface area (Å²) < 4.78 is 5.40. The van der Waals surface area contributed by atoms with E-state index in [4.69, 9.17) is 16.3 Å². The van der Waals surface area contributed by atoms with E-state index in [9.17, 15) is 19.7 Å². The smallest absolute Gasteiger partial charge is 0.334 e. The summed E-state index contributed by atoms with van der Waals surface area (Å²) in [5.74, 6) is -0.784. The molecule has 0 unspecified atom stereocenters. The average Bonchev–Trinajstić information content (AvgIpc) is 2.90. The first-order valence-corrected chi connectivity index (χ1v) is 9.81. The van der Waals surface area contributed by atoms with Crippen molar-refractivity contribution in [2.45, 2.75) is 34.5 Å². The van der Waals surface area contributed by atoms with Crippen LogP contribution in [0.15, 0.2) is 24.3 Å². The molecule has 0 saturated carbocycles. The number of non-ortho nitro benzene ring substituents is 1. The molecule has 3 rings (SSSR count). The maximum atomic E-state index is 12.8. The number of amides is 1. The van der Waals surface area contributed by atoms with Gasteiger partial charge in [-0.25, -0.2) is 4.79 Å². The fraction of sp³-hybridized carbons (Fsp3) is 0.467. The Morgan fingerprint density at radius 2 is 2.12 bits per heavy atom. The lowest BCUT2D eigenvalue weighted by Crippen LogP contribution is -2.70. The van der Waals surface area contributed by atoms with Crippen molar-refractivity contribution in [3.05, 3.63) is 39.9 Å². The number of fused-ring (bicyclic) bond motifs is 1. The Labute approximate surface area is 161 Å². The topological polar surface area (TPSA) is 89.8 Å². The predicted molar refractivity (Wildman–Crippen MR) is 96.7 cm³/mol. The van der Waals surface area contributed by atoms with Crippen molar-refractivity contribution in [3.8, 4) is 0 Å². The summed E-state index contributed by atoms with van der Waals surface area (Å²) in [6, 6.07) is 5.74. The van der Waals surface area contributed by atoms with E-state index in [1.54, 1.807) is 0 Å². The predicted octanol–water partition coefficient (Wildman–Crippen LogP) is 2.68. The summed E-state index contributed by atoms with van der Waals surface area (Å²) >= 11 is 10.9. The molecule has 7 nitrogen and oxygen atoms in total. The van der Waals surface area contributed by atoms with E-state index in [2.05, 4.69) is 15.9 Å². The van der Waals surface area contributed by atoms with Crippen LogP contribution in [0, 0.1) is 10.1 Å². The first-order chi connectivity index (χ1) is 11.8. The molecule has 1 aromatic rings. The number of carbonyl (C=O) groups excluding carboxylic acids is 2. The van der Waals surface area contributed by atoms with Crippen molar-refractivity contribution in [1.29, 1.82) is 0 Å². The minimum Gasteiger partial charge on any atom is -0.459 e. The molecule has 134 valence electrons. The molecule has 0 radical (unpaired) electrons. The number of rotatable bonds is 5. The van der Waals surface area contributed by atoms with Gasteiger partial charge < -0.3 is 9.64 Å². The van der Waals surface area contributed by atoms with Crippen molar-refractivity contribution in [2.24, 2.45) is 0 Å². The number of nitro benzene ring substituents is 1. The highest BCUT2D eigenvalue weighted by Gasteiger charge is 2.67. The monoisotopic (exact) mass is 448 g/mol. The van der Waals surface area contributed by atoms with Gasteiger partial charge in [0, 0.05) is 17.4 Å². The maximum Gasteiger partial charge on any atom is 0.334 e. The molecule has 2 aliphatic rings. The molecular weight excluding hydrogens is 436 g/mol. The molecule has 0 aliphatic carbocycles. The van der Waals surface area contributed by atoms with Gasteiger partial charge in [-0.15, -0.1) is 23.4 Å². The number of β-lactam (4-membered cyclic amide) rings is 1. The molecular formula is C15H14BrClN2O5S. The number of benzene rings is 1. The van der Waals surface area contributed by atoms with Gasteiger partial charge in [0.1, 0.15) is 16.8 Å². The number of nitro groups is 1. The van der Waals surface area contributed by atoms with E-state index < -0.39 is 16.4 Å². The summed E-state index contributed by atoms with van der Waals surface area (Å²) in [5.41, 5.74) is -0.615. The summed E-state index contributed by atoms with van der Waals surface area (Å²) in [6.07, 6.45) is 0. The lowest BCUT2D eigenvalue weighted by atomic mass is 9.92. The van der Waals surface area contributed by atoms with Gasteiger partial charge in [0.2, 0.25) is 5.91 Å². The van der Waals surface area contributed by atoms with Gasteiger partial charge in [-0.2, -0.15) is 0 Å². The van der Waals surface area contributed by atoms with Crippen LogP contribution in [0.4, 0.5) is 5.69 Å². The number of carbonyl (C=O) groups is 2. The number of thioether (sulfide) groups is 1.